The third kappa shape index (κ3) is 0.919. The van der Waals surface area contributed by atoms with Crippen LogP contribution < -0.4 is 10.4 Å². The Balaban J connectivity index is 2.50. The first-order valence-corrected chi connectivity index (χ1v) is 4.63. The number of hydrogen-bond donors (Lipinski definition) is 0. The van der Waals surface area contributed by atoms with Gasteiger partial charge in [0.1, 0.15) is 0 Å². The molecule has 2 aliphatic rings. The highest BCUT2D eigenvalue weighted by atomic mass is 14.1. The number of benzene rings is 1. The molecule has 0 aliphatic heterocycles. The number of fused-ring (bicyclic) bond motifs is 2. The van der Waals surface area contributed by atoms with Crippen LogP contribution in [0.4, 0.5) is 0 Å². The molecule has 0 aromatic heterocycles. The first-order chi connectivity index (χ1) is 6.45. The summed E-state index contributed by atoms with van der Waals surface area (Å²) in [6.07, 6.45) is 10.1. The maximum atomic E-state index is 2.29. The van der Waals surface area contributed by atoms with Crippen LogP contribution in [0.3, 0.4) is 0 Å². The summed E-state index contributed by atoms with van der Waals surface area (Å²) in [5, 5.41) is 2.74. The van der Waals surface area contributed by atoms with E-state index in [0.29, 0.717) is 0 Å². The maximum absolute atomic E-state index is 2.29. The predicted molar refractivity (Wildman–Crippen MR) is 55.4 cm³/mol. The Morgan fingerprint density at radius 3 is 3.00 bits per heavy atom. The van der Waals surface area contributed by atoms with Crippen molar-refractivity contribution in [2.45, 2.75) is 6.42 Å². The molecule has 0 amide bonds. The Labute approximate surface area is 77.2 Å². The van der Waals surface area contributed by atoms with Crippen molar-refractivity contribution in [2.75, 3.05) is 0 Å². The van der Waals surface area contributed by atoms with Gasteiger partial charge in [0.05, 0.1) is 0 Å². The molecule has 13 heavy (non-hydrogen) atoms. The summed E-state index contributed by atoms with van der Waals surface area (Å²) in [5.74, 6) is 0. The van der Waals surface area contributed by atoms with E-state index in [-0.39, 0.29) is 0 Å². The highest BCUT2D eigenvalue weighted by Gasteiger charge is 2.09. The van der Waals surface area contributed by atoms with E-state index < -0.39 is 0 Å². The molecule has 0 heteroatoms. The van der Waals surface area contributed by atoms with Crippen molar-refractivity contribution in [3.63, 3.8) is 0 Å². The van der Waals surface area contributed by atoms with E-state index in [2.05, 4.69) is 48.6 Å². The van der Waals surface area contributed by atoms with E-state index in [9.17, 15) is 0 Å². The summed E-state index contributed by atoms with van der Waals surface area (Å²) in [6, 6.07) is 8.57. The summed E-state index contributed by atoms with van der Waals surface area (Å²) in [4.78, 5) is 0. The van der Waals surface area contributed by atoms with E-state index in [1.165, 1.54) is 21.6 Å². The number of hydrogen-bond acceptors (Lipinski definition) is 0. The highest BCUT2D eigenvalue weighted by molar-refractivity contribution is 5.87. The highest BCUT2D eigenvalue weighted by Crippen LogP contribution is 2.20. The van der Waals surface area contributed by atoms with E-state index in [0.717, 1.165) is 6.42 Å². The minimum Gasteiger partial charge on any atom is -0.0801 e. The van der Waals surface area contributed by atoms with E-state index in [1.54, 1.807) is 0 Å². The predicted octanol–water partition coefficient (Wildman–Crippen LogP) is 1.52. The van der Waals surface area contributed by atoms with Crippen LogP contribution in [0.15, 0.2) is 48.1 Å². The number of allylic oxidation sites excluding steroid dienone is 4. The third-order valence-electron chi connectivity index (χ3n) is 2.63. The fourth-order valence-electron chi connectivity index (χ4n) is 2.00. The fourth-order valence-corrected chi connectivity index (χ4v) is 2.00. The molecule has 0 spiro atoms. The molecule has 3 rings (SSSR count). The van der Waals surface area contributed by atoms with Crippen molar-refractivity contribution >= 4 is 11.6 Å². The van der Waals surface area contributed by atoms with Gasteiger partial charge in [0.15, 0.2) is 0 Å². The molecule has 0 nitrogen and oxygen atoms in total. The van der Waals surface area contributed by atoms with Gasteiger partial charge in [0.25, 0.3) is 0 Å². The number of rotatable bonds is 0. The quantitative estimate of drug-likeness (QED) is 0.548. The zero-order valence-electron chi connectivity index (χ0n) is 7.33. The monoisotopic (exact) mass is 166 g/mol. The normalized spacial score (nSPS) is 17.5. The molecule has 0 N–H and O–H groups in total. The third-order valence-corrected chi connectivity index (χ3v) is 2.63. The lowest BCUT2D eigenvalue weighted by Crippen LogP contribution is -2.21. The Morgan fingerprint density at radius 1 is 1.08 bits per heavy atom. The van der Waals surface area contributed by atoms with Crippen molar-refractivity contribution in [3.8, 4) is 0 Å². The molecule has 2 aliphatic carbocycles. The molecule has 0 atom stereocenters. The molecule has 0 radical (unpaired) electrons. The van der Waals surface area contributed by atoms with Crippen molar-refractivity contribution in [1.82, 2.24) is 0 Å². The summed E-state index contributed by atoms with van der Waals surface area (Å²) in [7, 11) is 0. The van der Waals surface area contributed by atoms with Crippen LogP contribution in [0, 0.1) is 0 Å². The molecule has 0 saturated carbocycles. The maximum Gasteiger partial charge on any atom is -0.0105 e. The van der Waals surface area contributed by atoms with E-state index >= 15 is 0 Å². The molecule has 0 fully saturated rings. The van der Waals surface area contributed by atoms with Gasteiger partial charge in [-0.1, -0.05) is 42.5 Å². The van der Waals surface area contributed by atoms with Gasteiger partial charge in [-0.25, -0.2) is 0 Å². The Bertz CT molecular complexity index is 527. The van der Waals surface area contributed by atoms with E-state index in [4.69, 9.17) is 0 Å². The molecule has 1 aromatic carbocycles. The summed E-state index contributed by atoms with van der Waals surface area (Å²) in [5.41, 5.74) is 2.78. The summed E-state index contributed by atoms with van der Waals surface area (Å²) >= 11 is 0. The summed E-state index contributed by atoms with van der Waals surface area (Å²) < 4.78 is 0. The molecule has 1 aromatic rings. The molecular weight excluding hydrogens is 156 g/mol. The van der Waals surface area contributed by atoms with Gasteiger partial charge in [-0.15, -0.1) is 0 Å². The lowest BCUT2D eigenvalue weighted by atomic mass is 10.0. The van der Waals surface area contributed by atoms with Crippen LogP contribution in [0.2, 0.25) is 0 Å². The van der Waals surface area contributed by atoms with Crippen LogP contribution in [0.5, 0.6) is 0 Å². The molecule has 0 bridgehead atoms. The largest absolute Gasteiger partial charge is 0.0801 e. The molecular formula is C13H10. The van der Waals surface area contributed by atoms with Gasteiger partial charge in [0, 0.05) is 0 Å². The van der Waals surface area contributed by atoms with Crippen molar-refractivity contribution in [2.24, 2.45) is 0 Å². The molecule has 0 heterocycles. The van der Waals surface area contributed by atoms with Crippen LogP contribution in [0.25, 0.3) is 11.6 Å². The van der Waals surface area contributed by atoms with Crippen molar-refractivity contribution < 1.29 is 0 Å². The Morgan fingerprint density at radius 2 is 2.00 bits per heavy atom. The topological polar surface area (TPSA) is 0 Å². The van der Waals surface area contributed by atoms with Gasteiger partial charge >= 0.3 is 0 Å². The second-order valence-corrected chi connectivity index (χ2v) is 3.44. The molecule has 0 saturated heterocycles. The van der Waals surface area contributed by atoms with Crippen LogP contribution in [-0.4, -0.2) is 0 Å². The minimum absolute atomic E-state index is 1.07. The van der Waals surface area contributed by atoms with Gasteiger partial charge in [-0.05, 0) is 34.1 Å². The van der Waals surface area contributed by atoms with Gasteiger partial charge in [-0.3, -0.25) is 0 Å². The van der Waals surface area contributed by atoms with Gasteiger partial charge in [0.2, 0.25) is 0 Å². The second-order valence-electron chi connectivity index (χ2n) is 3.44. The fraction of sp³-hybridized carbons (Fsp3) is 0.0769. The van der Waals surface area contributed by atoms with Crippen LogP contribution in [0.1, 0.15) is 6.42 Å². The van der Waals surface area contributed by atoms with Gasteiger partial charge < -0.3 is 0 Å². The Hall–Kier alpha value is -1.56. The standard InChI is InChI=1S/C13H10/c1-3-7-12-10(5-1)9-11-6-2-4-8-13(11)12/h1,3-9H,2H2. The lowest BCUT2D eigenvalue weighted by Gasteiger charge is -2.03. The minimum atomic E-state index is 1.07. The van der Waals surface area contributed by atoms with Crippen LogP contribution in [-0.2, 0) is 0 Å². The molecule has 62 valence electrons. The lowest BCUT2D eigenvalue weighted by molar-refractivity contribution is 1.35. The van der Waals surface area contributed by atoms with Gasteiger partial charge in [-0.2, -0.15) is 0 Å². The SMILES string of the molecule is C1=CC2=c3ccccc3=CC2=CC1. The average Bonchev–Trinajstić information content (AvgIpc) is 2.56. The smallest absolute Gasteiger partial charge is 0.0105 e. The van der Waals surface area contributed by atoms with E-state index in [1.807, 2.05) is 0 Å². The average molecular weight is 166 g/mol. The van der Waals surface area contributed by atoms with Crippen LogP contribution >= 0.6 is 0 Å². The van der Waals surface area contributed by atoms with Crippen molar-refractivity contribution in [3.05, 3.63) is 58.5 Å². The van der Waals surface area contributed by atoms with Crippen molar-refractivity contribution in [1.29, 1.82) is 0 Å². The first-order valence-electron chi connectivity index (χ1n) is 4.63. The zero-order chi connectivity index (χ0) is 8.67. The first kappa shape index (κ1) is 6.90. The molecule has 0 unspecified atom stereocenters. The summed E-state index contributed by atoms with van der Waals surface area (Å²) in [6.45, 7) is 0. The zero-order valence-corrected chi connectivity index (χ0v) is 7.33. The second kappa shape index (κ2) is 2.46. The Kier molecular flexibility index (Phi) is 1.31.